The lowest BCUT2D eigenvalue weighted by Crippen LogP contribution is -2.60. The van der Waals surface area contributed by atoms with Crippen LogP contribution in [0.5, 0.6) is 0 Å². The number of nitrogens with two attached hydrogens (primary N) is 1. The lowest BCUT2D eigenvalue weighted by Gasteiger charge is -2.37. The fourth-order valence-corrected chi connectivity index (χ4v) is 7.51. The minimum atomic E-state index is -1.06. The molecule has 1 unspecified atom stereocenters. The standard InChI is InChI=1S/C30H48N4O6/c1-29(2,3)40-28(39)33-22(18-13-7-6-8-14-18)27(38)34-16-19-21(30(19,4)5)23(34)26(37)32-20(24(35)25(31)36)15-17-11-9-10-12-17/h17-23H,6-16H2,1-5H3,(H2,31,36)(H,32,37)(H,33,39)/t19-,20?,21-,22+,23+/m1/s1. The molecule has 4 aliphatic rings. The minimum Gasteiger partial charge on any atom is -0.444 e. The maximum absolute atomic E-state index is 14.2. The predicted molar refractivity (Wildman–Crippen MR) is 149 cm³/mol. The van der Waals surface area contributed by atoms with Crippen molar-refractivity contribution in [3.63, 3.8) is 0 Å². The van der Waals surface area contributed by atoms with E-state index in [4.69, 9.17) is 10.5 Å². The van der Waals surface area contributed by atoms with E-state index in [9.17, 15) is 24.0 Å². The van der Waals surface area contributed by atoms with Crippen molar-refractivity contribution in [2.24, 2.45) is 34.8 Å². The fraction of sp³-hybridized carbons (Fsp3) is 0.833. The van der Waals surface area contributed by atoms with E-state index in [1.165, 1.54) is 0 Å². The third-order valence-electron chi connectivity index (χ3n) is 9.74. The Hall–Kier alpha value is -2.65. The Morgan fingerprint density at radius 3 is 2.12 bits per heavy atom. The molecule has 5 atom stereocenters. The first kappa shape index (κ1) is 30.3. The van der Waals surface area contributed by atoms with Crippen LogP contribution in [-0.2, 0) is 23.9 Å². The molecule has 0 bridgehead atoms. The van der Waals surface area contributed by atoms with Crippen LogP contribution >= 0.6 is 0 Å². The molecule has 0 aromatic heterocycles. The first-order valence-corrected chi connectivity index (χ1v) is 15.1. The van der Waals surface area contributed by atoms with Crippen LogP contribution in [-0.4, -0.2) is 64.8 Å². The summed E-state index contributed by atoms with van der Waals surface area (Å²) in [6.45, 7) is 9.91. The number of likely N-dealkylation sites (tertiary alicyclic amines) is 1. The Labute approximate surface area is 237 Å². The molecule has 40 heavy (non-hydrogen) atoms. The highest BCUT2D eigenvalue weighted by molar-refractivity contribution is 6.37. The molecule has 1 heterocycles. The van der Waals surface area contributed by atoms with Gasteiger partial charge in [-0.1, -0.05) is 58.8 Å². The Morgan fingerprint density at radius 2 is 1.55 bits per heavy atom. The quantitative estimate of drug-likeness (QED) is 0.369. The summed E-state index contributed by atoms with van der Waals surface area (Å²) in [7, 11) is 0. The third-order valence-corrected chi connectivity index (χ3v) is 9.74. The summed E-state index contributed by atoms with van der Waals surface area (Å²) in [5.41, 5.74) is 4.50. The average Bonchev–Trinajstić information content (AvgIpc) is 3.31. The van der Waals surface area contributed by atoms with Crippen LogP contribution in [0.1, 0.15) is 98.8 Å². The number of carbonyl (C=O) groups excluding carboxylic acids is 5. The van der Waals surface area contributed by atoms with Gasteiger partial charge in [0.15, 0.2) is 0 Å². The van der Waals surface area contributed by atoms with Gasteiger partial charge in [0.05, 0.1) is 6.04 Å². The van der Waals surface area contributed by atoms with Gasteiger partial charge in [0.2, 0.25) is 17.6 Å². The Morgan fingerprint density at radius 1 is 0.950 bits per heavy atom. The van der Waals surface area contributed by atoms with Crippen LogP contribution < -0.4 is 16.4 Å². The normalized spacial score (nSPS) is 27.8. The van der Waals surface area contributed by atoms with Crippen molar-refractivity contribution in [3.8, 4) is 0 Å². The number of carbonyl (C=O) groups is 5. The maximum Gasteiger partial charge on any atom is 0.408 e. The van der Waals surface area contributed by atoms with Gasteiger partial charge < -0.3 is 26.0 Å². The molecule has 10 heteroatoms. The smallest absolute Gasteiger partial charge is 0.408 e. The van der Waals surface area contributed by atoms with E-state index in [0.29, 0.717) is 13.0 Å². The van der Waals surface area contributed by atoms with Crippen LogP contribution in [0.4, 0.5) is 4.79 Å². The highest BCUT2D eigenvalue weighted by Gasteiger charge is 2.69. The Kier molecular flexibility index (Phi) is 8.85. The van der Waals surface area contributed by atoms with E-state index in [1.54, 1.807) is 25.7 Å². The molecule has 0 aromatic rings. The topological polar surface area (TPSA) is 148 Å². The molecule has 1 aliphatic heterocycles. The van der Waals surface area contributed by atoms with Crippen molar-refractivity contribution in [2.45, 2.75) is 123 Å². The van der Waals surface area contributed by atoms with Gasteiger partial charge in [0.1, 0.15) is 17.7 Å². The summed E-state index contributed by atoms with van der Waals surface area (Å²) in [6.07, 6.45) is 8.41. The Balaban J connectivity index is 1.56. The van der Waals surface area contributed by atoms with Gasteiger partial charge in [-0.05, 0) is 69.1 Å². The number of primary amides is 1. The van der Waals surface area contributed by atoms with Gasteiger partial charge in [0, 0.05) is 6.54 Å². The summed E-state index contributed by atoms with van der Waals surface area (Å²) in [4.78, 5) is 67.0. The second-order valence-electron chi connectivity index (χ2n) is 14.1. The summed E-state index contributed by atoms with van der Waals surface area (Å²) in [5, 5.41) is 5.69. The molecule has 4 N–H and O–H groups in total. The zero-order valence-corrected chi connectivity index (χ0v) is 24.8. The van der Waals surface area contributed by atoms with E-state index in [-0.39, 0.29) is 35.0 Å². The van der Waals surface area contributed by atoms with E-state index in [2.05, 4.69) is 24.5 Å². The maximum atomic E-state index is 14.2. The lowest BCUT2D eigenvalue weighted by molar-refractivity contribution is -0.144. The fourth-order valence-electron chi connectivity index (χ4n) is 7.51. The van der Waals surface area contributed by atoms with Crippen molar-refractivity contribution in [3.05, 3.63) is 0 Å². The molecule has 0 spiro atoms. The molecule has 3 aliphatic carbocycles. The molecule has 0 aromatic carbocycles. The number of alkyl carbamates (subject to hydrolysis) is 1. The van der Waals surface area contributed by atoms with Gasteiger partial charge in [-0.15, -0.1) is 0 Å². The Bertz CT molecular complexity index is 1010. The summed E-state index contributed by atoms with van der Waals surface area (Å²) in [6, 6.07) is -2.58. The van der Waals surface area contributed by atoms with Gasteiger partial charge in [-0.25, -0.2) is 4.79 Å². The predicted octanol–water partition coefficient (Wildman–Crippen LogP) is 3.06. The molecule has 10 nitrogen and oxygen atoms in total. The third kappa shape index (κ3) is 6.62. The first-order valence-electron chi connectivity index (χ1n) is 15.1. The number of ketones is 1. The average molecular weight is 561 g/mol. The summed E-state index contributed by atoms with van der Waals surface area (Å²) in [5.74, 6) is -2.30. The molecule has 4 rings (SSSR count). The monoisotopic (exact) mass is 560 g/mol. The zero-order valence-electron chi connectivity index (χ0n) is 24.8. The van der Waals surface area contributed by atoms with Gasteiger partial charge >= 0.3 is 6.09 Å². The highest BCUT2D eigenvalue weighted by Crippen LogP contribution is 2.65. The number of amides is 4. The van der Waals surface area contributed by atoms with Crippen molar-refractivity contribution >= 4 is 29.6 Å². The number of hydrogen-bond acceptors (Lipinski definition) is 6. The van der Waals surface area contributed by atoms with Crippen LogP contribution in [0.15, 0.2) is 0 Å². The number of piperidine rings is 1. The van der Waals surface area contributed by atoms with E-state index in [0.717, 1.165) is 57.8 Å². The number of Topliss-reactive ketones (excluding diaryl/α,β-unsaturated/α-hetero) is 1. The zero-order chi connectivity index (χ0) is 29.4. The molecular formula is C30H48N4O6. The number of nitrogens with zero attached hydrogens (tertiary/aromatic N) is 1. The first-order chi connectivity index (χ1) is 18.7. The van der Waals surface area contributed by atoms with Gasteiger partial charge in [-0.3, -0.25) is 19.2 Å². The number of fused-ring (bicyclic) bond motifs is 1. The van der Waals surface area contributed by atoms with E-state index >= 15 is 0 Å². The van der Waals surface area contributed by atoms with Crippen molar-refractivity contribution < 1.29 is 28.7 Å². The van der Waals surface area contributed by atoms with Crippen molar-refractivity contribution in [1.29, 1.82) is 0 Å². The van der Waals surface area contributed by atoms with Gasteiger partial charge in [0.25, 0.3) is 5.91 Å². The SMILES string of the molecule is CC(C)(C)OC(=O)N[C@H](C(=O)N1C[C@@H]2[C@H]([C@H]1C(=O)NC(CC1CCCC1)C(=O)C(N)=O)C2(C)C)C1CCCCC1. The molecule has 3 saturated carbocycles. The number of ether oxygens (including phenoxy) is 1. The van der Waals surface area contributed by atoms with Gasteiger partial charge in [-0.2, -0.15) is 0 Å². The number of nitrogens with one attached hydrogen (secondary N) is 2. The largest absolute Gasteiger partial charge is 0.444 e. The van der Waals surface area contributed by atoms with Crippen molar-refractivity contribution in [1.82, 2.24) is 15.5 Å². The second-order valence-corrected chi connectivity index (χ2v) is 14.1. The highest BCUT2D eigenvalue weighted by atomic mass is 16.6. The van der Waals surface area contributed by atoms with Crippen LogP contribution in [0, 0.1) is 29.1 Å². The second kappa shape index (κ2) is 11.7. The molecule has 4 fully saturated rings. The molecule has 0 radical (unpaired) electrons. The van der Waals surface area contributed by atoms with Crippen LogP contribution in [0.2, 0.25) is 0 Å². The molecule has 1 saturated heterocycles. The summed E-state index contributed by atoms with van der Waals surface area (Å²) >= 11 is 0. The van der Waals surface area contributed by atoms with Crippen LogP contribution in [0.3, 0.4) is 0 Å². The lowest BCUT2D eigenvalue weighted by atomic mass is 9.83. The van der Waals surface area contributed by atoms with E-state index < -0.39 is 47.4 Å². The number of hydrogen-bond donors (Lipinski definition) is 3. The molecular weight excluding hydrogens is 512 g/mol. The van der Waals surface area contributed by atoms with Crippen molar-refractivity contribution in [2.75, 3.05) is 6.54 Å². The number of rotatable bonds is 9. The van der Waals surface area contributed by atoms with Crippen LogP contribution in [0.25, 0.3) is 0 Å². The van der Waals surface area contributed by atoms with E-state index in [1.807, 2.05) is 0 Å². The molecule has 224 valence electrons. The minimum absolute atomic E-state index is 0.0472. The molecule has 4 amide bonds. The summed E-state index contributed by atoms with van der Waals surface area (Å²) < 4.78 is 5.49.